The Morgan fingerprint density at radius 2 is 1.13 bits per heavy atom. The lowest BCUT2D eigenvalue weighted by atomic mass is 9.52. The Morgan fingerprint density at radius 1 is 0.660 bits per heavy atom. The quantitative estimate of drug-likeness (QED) is 0.416. The van der Waals surface area contributed by atoms with E-state index in [1.54, 1.807) is 11.1 Å². The first-order chi connectivity index (χ1) is 22.9. The summed E-state index contributed by atoms with van der Waals surface area (Å²) in [6.07, 6.45) is 13.4. The Morgan fingerprint density at radius 3 is 1.57 bits per heavy atom. The monoisotopic (exact) mass is 632 g/mol. The fraction of sp³-hybridized carbons (Fsp3) is 0.707. The molecule has 2 aromatic carbocycles. The van der Waals surface area contributed by atoms with Gasteiger partial charge in [-0.1, -0.05) is 38.1 Å². The van der Waals surface area contributed by atoms with E-state index < -0.39 is 0 Å². The molecule has 2 aliphatic carbocycles. The zero-order valence-electron chi connectivity index (χ0n) is 28.9. The van der Waals surface area contributed by atoms with Crippen molar-refractivity contribution in [3.63, 3.8) is 0 Å². The summed E-state index contributed by atoms with van der Waals surface area (Å²) >= 11 is 0. The van der Waals surface area contributed by atoms with Crippen LogP contribution in [-0.2, 0) is 26.7 Å². The summed E-state index contributed by atoms with van der Waals surface area (Å²) in [5, 5.41) is 0. The fourth-order valence-electron chi connectivity index (χ4n) is 15.4. The minimum atomic E-state index is 0.237. The average Bonchev–Trinajstić information content (AvgIpc) is 3.94. The third kappa shape index (κ3) is 2.94. The Balaban J connectivity index is 0.938. The maximum absolute atomic E-state index is 6.44. The van der Waals surface area contributed by atoms with Crippen LogP contribution in [0.3, 0.4) is 0 Å². The molecule has 2 aromatic rings. The highest BCUT2D eigenvalue weighted by Gasteiger charge is 2.76. The number of hydrogen-bond donors (Lipinski definition) is 0. The maximum Gasteiger partial charge on any atom is 0.0974 e. The Bertz CT molecular complexity index is 1610. The van der Waals surface area contributed by atoms with Crippen LogP contribution in [0, 0.1) is 10.8 Å². The van der Waals surface area contributed by atoms with Crippen LogP contribution >= 0.6 is 0 Å². The second-order valence-corrected chi connectivity index (χ2v) is 17.9. The van der Waals surface area contributed by atoms with E-state index in [9.17, 15) is 0 Å². The van der Waals surface area contributed by atoms with Gasteiger partial charge < -0.3 is 19.3 Å². The number of piperidine rings is 2. The van der Waals surface area contributed by atoms with E-state index in [4.69, 9.17) is 9.47 Å². The summed E-state index contributed by atoms with van der Waals surface area (Å²) in [5.41, 5.74) is 10.5. The van der Waals surface area contributed by atoms with Gasteiger partial charge in [0.05, 0.1) is 24.4 Å². The number of likely N-dealkylation sites (N-methyl/N-ethyl adjacent to an activating group) is 2. The molecule has 2 spiro atoms. The molecule has 0 unspecified atom stereocenters. The van der Waals surface area contributed by atoms with Gasteiger partial charge >= 0.3 is 0 Å². The highest BCUT2D eigenvalue weighted by Crippen LogP contribution is 2.70. The summed E-state index contributed by atoms with van der Waals surface area (Å²) in [6.45, 7) is 9.70. The number of epoxide rings is 2. The highest BCUT2D eigenvalue weighted by atomic mass is 16.6. The Hall–Kier alpha value is -2.12. The number of fused-ring (bicyclic) bond motifs is 6. The average molecular weight is 633 g/mol. The van der Waals surface area contributed by atoms with E-state index in [0.717, 1.165) is 19.5 Å². The molecule has 248 valence electrons. The molecule has 6 heteroatoms. The molecule has 8 aliphatic heterocycles. The van der Waals surface area contributed by atoms with Crippen molar-refractivity contribution >= 4 is 11.4 Å². The summed E-state index contributed by atoms with van der Waals surface area (Å²) in [6, 6.07) is 17.8. The van der Waals surface area contributed by atoms with E-state index >= 15 is 0 Å². The van der Waals surface area contributed by atoms with Crippen molar-refractivity contribution in [2.75, 3.05) is 50.1 Å². The number of ether oxygens (including phenoxy) is 2. The first-order valence-corrected chi connectivity index (χ1v) is 19.4. The van der Waals surface area contributed by atoms with Crippen molar-refractivity contribution < 1.29 is 9.47 Å². The Labute approximate surface area is 280 Å². The van der Waals surface area contributed by atoms with Crippen molar-refractivity contribution in [3.05, 3.63) is 58.7 Å². The van der Waals surface area contributed by atoms with Gasteiger partial charge in [-0.2, -0.15) is 0 Å². The van der Waals surface area contributed by atoms with Gasteiger partial charge in [-0.05, 0) is 105 Å². The van der Waals surface area contributed by atoms with Gasteiger partial charge in [0, 0.05) is 84.4 Å². The van der Waals surface area contributed by atoms with Crippen molar-refractivity contribution in [2.24, 2.45) is 10.8 Å². The summed E-state index contributed by atoms with van der Waals surface area (Å²) < 4.78 is 12.9. The third-order valence-corrected chi connectivity index (χ3v) is 17.0. The van der Waals surface area contributed by atoms with Crippen LogP contribution in [0.4, 0.5) is 11.4 Å². The van der Waals surface area contributed by atoms with Crippen molar-refractivity contribution in [1.82, 2.24) is 9.80 Å². The first-order valence-electron chi connectivity index (χ1n) is 19.4. The number of hydrogen-bond acceptors (Lipinski definition) is 6. The second-order valence-electron chi connectivity index (χ2n) is 17.9. The highest BCUT2D eigenvalue weighted by molar-refractivity contribution is 5.69. The second kappa shape index (κ2) is 8.60. The summed E-state index contributed by atoms with van der Waals surface area (Å²) in [4.78, 5) is 11.2. The van der Waals surface area contributed by atoms with Crippen LogP contribution in [0.25, 0.3) is 0 Å². The zero-order valence-corrected chi connectivity index (χ0v) is 28.9. The SMILES string of the molecule is CC[C@@]12CC[C@@H]3N(C)c4ccc(Cc5ccc6c(c5)[C@@]57CCN8C[C@H]9O[C@H]9[C@@](CC)(CC[C@@H]5N6C)[C@H]87)cc4[C@@]34CCN(C[C@H]3O[C@H]31)[C@@H]24. The molecular weight excluding hydrogens is 580 g/mol. The lowest BCUT2D eigenvalue weighted by molar-refractivity contribution is -0.0240. The Kier molecular flexibility index (Phi) is 5.06. The van der Waals surface area contributed by atoms with Crippen LogP contribution in [0.1, 0.15) is 87.5 Å². The summed E-state index contributed by atoms with van der Waals surface area (Å²) in [7, 11) is 4.80. The largest absolute Gasteiger partial charge is 0.370 e. The van der Waals surface area contributed by atoms with E-state index in [1.807, 2.05) is 0 Å². The molecule has 12 rings (SSSR count). The molecule has 0 N–H and O–H groups in total. The molecule has 0 bridgehead atoms. The lowest BCUT2D eigenvalue weighted by Gasteiger charge is -2.57. The van der Waals surface area contributed by atoms with Crippen LogP contribution < -0.4 is 9.80 Å². The van der Waals surface area contributed by atoms with Crippen molar-refractivity contribution in [2.45, 2.75) is 131 Å². The van der Waals surface area contributed by atoms with Gasteiger partial charge in [-0.15, -0.1) is 0 Å². The van der Waals surface area contributed by atoms with Crippen LogP contribution in [-0.4, -0.2) is 98.7 Å². The van der Waals surface area contributed by atoms with Crippen molar-refractivity contribution in [1.29, 1.82) is 0 Å². The molecule has 0 aromatic heterocycles. The predicted molar refractivity (Wildman–Crippen MR) is 185 cm³/mol. The number of rotatable bonds is 4. The number of anilines is 2. The molecule has 10 aliphatic rings. The zero-order chi connectivity index (χ0) is 31.2. The van der Waals surface area contributed by atoms with E-state index in [1.165, 1.54) is 87.0 Å². The normalized spacial score (nSPS) is 49.0. The van der Waals surface area contributed by atoms with Gasteiger partial charge in [0.2, 0.25) is 0 Å². The molecule has 0 amide bonds. The molecule has 12 atom stereocenters. The maximum atomic E-state index is 6.44. The molecule has 2 saturated carbocycles. The van der Waals surface area contributed by atoms with E-state index in [2.05, 4.69) is 83.9 Å². The standard InChI is InChI=1S/C41H52N4O2/c1-5-38-13-11-32-40(15-17-44(36(38)40)22-30-34(38)46-30)26-20-24(7-9-28(26)42(32)3)19-25-8-10-29-27(21-25)41-16-18-45-23-31-35(47-31)39(6-2,37(41)45)14-12-33(41)43(29)4/h7-10,20-21,30-37H,5-6,11-19,22-23H2,1-4H3/t30-,31-,32+,33+,34-,35-,36+,37+,38-,39-,40+,41+/m1/s1. The molecule has 0 radical (unpaired) electrons. The minimum absolute atomic E-state index is 0.237. The molecule has 8 fully saturated rings. The van der Waals surface area contributed by atoms with Crippen LogP contribution in [0.2, 0.25) is 0 Å². The smallest absolute Gasteiger partial charge is 0.0974 e. The van der Waals surface area contributed by atoms with Crippen LogP contribution in [0.15, 0.2) is 36.4 Å². The van der Waals surface area contributed by atoms with Gasteiger partial charge in [0.1, 0.15) is 0 Å². The predicted octanol–water partition coefficient (Wildman–Crippen LogP) is 5.48. The van der Waals surface area contributed by atoms with Gasteiger partial charge in [0.15, 0.2) is 0 Å². The molecular formula is C41H52N4O2. The molecule has 6 saturated heterocycles. The van der Waals surface area contributed by atoms with Crippen LogP contribution in [0.5, 0.6) is 0 Å². The van der Waals surface area contributed by atoms with E-state index in [0.29, 0.717) is 59.4 Å². The van der Waals surface area contributed by atoms with E-state index in [-0.39, 0.29) is 10.8 Å². The third-order valence-electron chi connectivity index (χ3n) is 17.0. The van der Waals surface area contributed by atoms with Crippen molar-refractivity contribution in [3.8, 4) is 0 Å². The van der Waals surface area contributed by atoms with Gasteiger partial charge in [-0.25, -0.2) is 0 Å². The topological polar surface area (TPSA) is 38.0 Å². The number of benzene rings is 2. The van der Waals surface area contributed by atoms with Gasteiger partial charge in [-0.3, -0.25) is 9.80 Å². The fourth-order valence-corrected chi connectivity index (χ4v) is 15.4. The minimum Gasteiger partial charge on any atom is -0.370 e. The molecule has 8 heterocycles. The van der Waals surface area contributed by atoms with Gasteiger partial charge in [0.25, 0.3) is 0 Å². The molecule has 47 heavy (non-hydrogen) atoms. The first kappa shape index (κ1) is 27.7. The summed E-state index contributed by atoms with van der Waals surface area (Å²) in [5.74, 6) is 0. The molecule has 6 nitrogen and oxygen atoms in total. The lowest BCUT2D eigenvalue weighted by Crippen LogP contribution is -2.66. The number of nitrogens with zero attached hydrogens (tertiary/aromatic N) is 4.